The third-order valence-corrected chi connectivity index (χ3v) is 5.59. The number of hydrogen-bond donors (Lipinski definition) is 1. The first-order valence-corrected chi connectivity index (χ1v) is 9.79. The zero-order chi connectivity index (χ0) is 18.8. The van der Waals surface area contributed by atoms with Gasteiger partial charge in [-0.25, -0.2) is 4.98 Å². The molecule has 4 nitrogen and oxygen atoms in total. The van der Waals surface area contributed by atoms with Gasteiger partial charge in [-0.3, -0.25) is 9.69 Å². The molecule has 136 valence electrons. The quantitative estimate of drug-likeness (QED) is 0.727. The maximum absolute atomic E-state index is 13.2. The summed E-state index contributed by atoms with van der Waals surface area (Å²) >= 11 is 7.82. The number of nitrogens with zero attached hydrogens (tertiary/aromatic N) is 2. The van der Waals surface area contributed by atoms with Crippen LogP contribution in [0, 0.1) is 13.8 Å². The number of benzene rings is 2. The molecule has 2 aromatic carbocycles. The predicted octanol–water partition coefficient (Wildman–Crippen LogP) is 3.36. The smallest absolute Gasteiger partial charge is 0.261 e. The van der Waals surface area contributed by atoms with Crippen LogP contribution in [-0.4, -0.2) is 38.1 Å². The number of nitrogens with one attached hydrogen (secondary N) is 1. The van der Waals surface area contributed by atoms with Gasteiger partial charge in [-0.15, -0.1) is 0 Å². The Kier molecular flexibility index (Phi) is 5.61. The Bertz CT molecular complexity index is 951. The number of thiazole rings is 1. The highest BCUT2D eigenvalue weighted by molar-refractivity contribution is 7.22. The Labute approximate surface area is 163 Å². The number of hydrogen-bond acceptors (Lipinski definition) is 3. The van der Waals surface area contributed by atoms with Gasteiger partial charge in [-0.05, 0) is 43.2 Å². The number of rotatable bonds is 5. The number of halogens is 1. The number of aromatic nitrogens is 1. The number of carbonyl (C=O) groups excluding carboxylic acids is 1. The van der Waals surface area contributed by atoms with Crippen LogP contribution in [0.4, 0.5) is 5.13 Å². The average Bonchev–Trinajstić information content (AvgIpc) is 2.99. The highest BCUT2D eigenvalue weighted by atomic mass is 35.5. The van der Waals surface area contributed by atoms with Crippen LogP contribution in [0.25, 0.3) is 10.2 Å². The van der Waals surface area contributed by atoms with E-state index in [0.29, 0.717) is 17.1 Å². The number of anilines is 1. The van der Waals surface area contributed by atoms with Crippen molar-refractivity contribution >= 4 is 44.2 Å². The highest BCUT2D eigenvalue weighted by Gasteiger charge is 2.24. The Balaban J connectivity index is 2.05. The minimum absolute atomic E-state index is 0.106. The van der Waals surface area contributed by atoms with Gasteiger partial charge in [0.1, 0.15) is 0 Å². The predicted molar refractivity (Wildman–Crippen MR) is 110 cm³/mol. The van der Waals surface area contributed by atoms with Crippen molar-refractivity contribution in [3.8, 4) is 0 Å². The number of aryl methyl sites for hydroxylation is 2. The van der Waals surface area contributed by atoms with Crippen molar-refractivity contribution in [3.05, 3.63) is 58.1 Å². The van der Waals surface area contributed by atoms with Crippen LogP contribution in [0.3, 0.4) is 0 Å². The minimum atomic E-state index is -0.106. The molecule has 0 fully saturated rings. The molecular weight excluding hydrogens is 366 g/mol. The third kappa shape index (κ3) is 3.90. The molecule has 1 amide bonds. The van der Waals surface area contributed by atoms with Crippen LogP contribution in [0.5, 0.6) is 0 Å². The second kappa shape index (κ2) is 7.74. The van der Waals surface area contributed by atoms with Crippen molar-refractivity contribution in [3.63, 3.8) is 0 Å². The summed E-state index contributed by atoms with van der Waals surface area (Å²) in [6, 6.07) is 11.4. The van der Waals surface area contributed by atoms with Crippen molar-refractivity contribution in [1.82, 2.24) is 4.98 Å². The maximum atomic E-state index is 13.2. The molecular formula is C20H23ClN3OS+. The van der Waals surface area contributed by atoms with E-state index in [1.807, 2.05) is 12.1 Å². The minimum Gasteiger partial charge on any atom is -0.338 e. The topological polar surface area (TPSA) is 37.6 Å². The molecule has 0 saturated heterocycles. The molecule has 0 radical (unpaired) electrons. The van der Waals surface area contributed by atoms with Crippen LogP contribution in [0.1, 0.15) is 21.5 Å². The van der Waals surface area contributed by atoms with E-state index in [1.54, 1.807) is 28.4 Å². The van der Waals surface area contributed by atoms with Gasteiger partial charge in [0.25, 0.3) is 5.91 Å². The standard InChI is InChI=1S/C20H22ClN3OS/c1-13-11-14(2)18-17(12-13)26-20(22-18)24(10-9-23(3)4)19(25)15-7-5-6-8-16(15)21/h5-8,11-12H,9-10H2,1-4H3/p+1. The molecule has 0 spiro atoms. The number of likely N-dealkylation sites (N-methyl/N-ethyl adjacent to an activating group) is 1. The van der Waals surface area contributed by atoms with E-state index in [2.05, 4.69) is 40.1 Å². The lowest BCUT2D eigenvalue weighted by Crippen LogP contribution is -3.06. The largest absolute Gasteiger partial charge is 0.338 e. The van der Waals surface area contributed by atoms with Gasteiger partial charge in [-0.1, -0.05) is 41.1 Å². The molecule has 1 aromatic heterocycles. The molecule has 1 N–H and O–H groups in total. The van der Waals surface area contributed by atoms with E-state index in [4.69, 9.17) is 16.6 Å². The Morgan fingerprint density at radius 2 is 1.96 bits per heavy atom. The van der Waals surface area contributed by atoms with E-state index in [0.717, 1.165) is 27.5 Å². The van der Waals surface area contributed by atoms with Gasteiger partial charge in [0, 0.05) is 0 Å². The van der Waals surface area contributed by atoms with Crippen LogP contribution in [0.15, 0.2) is 36.4 Å². The van der Waals surface area contributed by atoms with Gasteiger partial charge >= 0.3 is 0 Å². The summed E-state index contributed by atoms with van der Waals surface area (Å²) in [7, 11) is 4.15. The Morgan fingerprint density at radius 1 is 1.23 bits per heavy atom. The second-order valence-corrected chi connectivity index (χ2v) is 8.24. The SMILES string of the molecule is Cc1cc(C)c2nc(N(CC[NH+](C)C)C(=O)c3ccccc3Cl)sc2c1. The number of quaternary nitrogens is 1. The van der Waals surface area contributed by atoms with Crippen LogP contribution in [-0.2, 0) is 0 Å². The van der Waals surface area contributed by atoms with E-state index >= 15 is 0 Å². The molecule has 0 saturated carbocycles. The Morgan fingerprint density at radius 3 is 2.65 bits per heavy atom. The summed E-state index contributed by atoms with van der Waals surface area (Å²) in [6.07, 6.45) is 0. The van der Waals surface area contributed by atoms with Crippen LogP contribution in [0.2, 0.25) is 5.02 Å². The molecule has 3 aromatic rings. The number of amides is 1. The molecule has 0 atom stereocenters. The third-order valence-electron chi connectivity index (χ3n) is 4.23. The highest BCUT2D eigenvalue weighted by Crippen LogP contribution is 2.32. The van der Waals surface area contributed by atoms with Gasteiger partial charge < -0.3 is 4.90 Å². The fourth-order valence-electron chi connectivity index (χ4n) is 2.87. The van der Waals surface area contributed by atoms with Gasteiger partial charge in [0.15, 0.2) is 5.13 Å². The Hall–Kier alpha value is -1.95. The second-order valence-electron chi connectivity index (χ2n) is 6.82. The van der Waals surface area contributed by atoms with E-state index in [1.165, 1.54) is 10.5 Å². The molecule has 6 heteroatoms. The molecule has 1 heterocycles. The average molecular weight is 389 g/mol. The summed E-state index contributed by atoms with van der Waals surface area (Å²) in [5, 5.41) is 1.19. The first-order chi connectivity index (χ1) is 12.4. The first kappa shape index (κ1) is 18.8. The van der Waals surface area contributed by atoms with Crippen molar-refractivity contribution in [2.75, 3.05) is 32.1 Å². The van der Waals surface area contributed by atoms with E-state index in [-0.39, 0.29) is 5.91 Å². The van der Waals surface area contributed by atoms with Gasteiger partial charge in [0.2, 0.25) is 0 Å². The summed E-state index contributed by atoms with van der Waals surface area (Å²) in [6.45, 7) is 5.55. The van der Waals surface area contributed by atoms with Crippen molar-refractivity contribution in [2.24, 2.45) is 0 Å². The number of fused-ring (bicyclic) bond motifs is 1. The van der Waals surface area contributed by atoms with Crippen LogP contribution >= 0.6 is 22.9 Å². The van der Waals surface area contributed by atoms with Gasteiger partial charge in [0.05, 0.1) is 48.0 Å². The first-order valence-electron chi connectivity index (χ1n) is 8.60. The summed E-state index contributed by atoms with van der Waals surface area (Å²) < 4.78 is 1.10. The molecule has 0 aliphatic heterocycles. The fraction of sp³-hybridized carbons (Fsp3) is 0.300. The maximum Gasteiger partial charge on any atom is 0.261 e. The molecule has 0 aliphatic carbocycles. The summed E-state index contributed by atoms with van der Waals surface area (Å²) in [5.74, 6) is -0.106. The normalized spacial score (nSPS) is 11.3. The number of carbonyl (C=O) groups is 1. The monoisotopic (exact) mass is 388 g/mol. The molecule has 3 rings (SSSR count). The lowest BCUT2D eigenvalue weighted by atomic mass is 10.1. The lowest BCUT2D eigenvalue weighted by molar-refractivity contribution is -0.856. The fourth-order valence-corrected chi connectivity index (χ4v) is 4.26. The molecule has 26 heavy (non-hydrogen) atoms. The van der Waals surface area contributed by atoms with Crippen LogP contribution < -0.4 is 9.80 Å². The zero-order valence-corrected chi connectivity index (χ0v) is 17.0. The summed E-state index contributed by atoms with van der Waals surface area (Å²) in [4.78, 5) is 21.0. The van der Waals surface area contributed by atoms with Gasteiger partial charge in [-0.2, -0.15) is 0 Å². The van der Waals surface area contributed by atoms with E-state index in [9.17, 15) is 4.79 Å². The molecule has 0 bridgehead atoms. The van der Waals surface area contributed by atoms with E-state index < -0.39 is 0 Å². The molecule has 0 aliphatic rings. The van der Waals surface area contributed by atoms with Crippen molar-refractivity contribution < 1.29 is 9.69 Å². The van der Waals surface area contributed by atoms with Crippen molar-refractivity contribution in [2.45, 2.75) is 13.8 Å². The lowest BCUT2D eigenvalue weighted by Gasteiger charge is -2.21. The summed E-state index contributed by atoms with van der Waals surface area (Å²) in [5.41, 5.74) is 3.80. The molecule has 0 unspecified atom stereocenters. The zero-order valence-electron chi connectivity index (χ0n) is 15.5. The van der Waals surface area contributed by atoms with Crippen molar-refractivity contribution in [1.29, 1.82) is 0 Å².